The van der Waals surface area contributed by atoms with Crippen molar-refractivity contribution in [3.8, 4) is 0 Å². The summed E-state index contributed by atoms with van der Waals surface area (Å²) in [5, 5.41) is 0.737. The molecule has 0 aromatic heterocycles. The first-order valence-corrected chi connectivity index (χ1v) is 8.03. The van der Waals surface area contributed by atoms with Gasteiger partial charge in [-0.25, -0.2) is 0 Å². The topological polar surface area (TPSA) is 29.4 Å². The van der Waals surface area contributed by atoms with Gasteiger partial charge in [0.1, 0.15) is 5.78 Å². The van der Waals surface area contributed by atoms with E-state index >= 15 is 0 Å². The van der Waals surface area contributed by atoms with Crippen LogP contribution in [0.15, 0.2) is 29.3 Å². The Labute approximate surface area is 131 Å². The van der Waals surface area contributed by atoms with Crippen LogP contribution in [0, 0.1) is 22.7 Å². The van der Waals surface area contributed by atoms with Crippen molar-refractivity contribution in [1.29, 1.82) is 0 Å². The van der Waals surface area contributed by atoms with E-state index in [4.69, 9.17) is 11.6 Å². The molecule has 0 saturated heterocycles. The molecule has 2 fully saturated rings. The fraction of sp³-hybridized carbons (Fsp3) is 0.556. The zero-order chi connectivity index (χ0) is 15.3. The lowest BCUT2D eigenvalue weighted by atomic mass is 9.70. The number of nitrogens with zero attached hydrogens (tertiary/aromatic N) is 1. The van der Waals surface area contributed by atoms with Crippen LogP contribution in [0.2, 0.25) is 5.02 Å². The van der Waals surface area contributed by atoms with Crippen molar-refractivity contribution < 1.29 is 4.79 Å². The van der Waals surface area contributed by atoms with Crippen LogP contribution in [0.3, 0.4) is 0 Å². The van der Waals surface area contributed by atoms with Gasteiger partial charge in [0.05, 0.1) is 12.5 Å². The number of benzene rings is 1. The number of fused-ring (bicyclic) bond motifs is 2. The predicted octanol–water partition coefficient (Wildman–Crippen LogP) is 4.55. The average molecular weight is 304 g/mol. The molecule has 2 aliphatic carbocycles. The van der Waals surface area contributed by atoms with Gasteiger partial charge in [-0.15, -0.1) is 0 Å². The summed E-state index contributed by atoms with van der Waals surface area (Å²) in [5.41, 5.74) is 0.931. The highest BCUT2D eigenvalue weighted by atomic mass is 35.5. The van der Waals surface area contributed by atoms with Gasteiger partial charge in [-0.2, -0.15) is 0 Å². The second kappa shape index (κ2) is 4.95. The van der Waals surface area contributed by atoms with Gasteiger partial charge in [-0.1, -0.05) is 50.6 Å². The van der Waals surface area contributed by atoms with E-state index in [1.807, 2.05) is 30.5 Å². The summed E-state index contributed by atoms with van der Waals surface area (Å²) in [6.07, 6.45) is 4.05. The third-order valence-electron chi connectivity index (χ3n) is 6.07. The van der Waals surface area contributed by atoms with Crippen molar-refractivity contribution in [2.75, 3.05) is 0 Å². The van der Waals surface area contributed by atoms with Gasteiger partial charge >= 0.3 is 0 Å². The minimum atomic E-state index is -0.168. The van der Waals surface area contributed by atoms with Crippen molar-refractivity contribution in [3.63, 3.8) is 0 Å². The Hall–Kier alpha value is -1.15. The number of Topliss-reactive ketones (excluding diaryl/α,β-unsaturated/α-hetero) is 1. The number of carbonyl (C=O) groups is 1. The van der Waals surface area contributed by atoms with E-state index in [2.05, 4.69) is 25.8 Å². The molecule has 112 valence electrons. The van der Waals surface area contributed by atoms with E-state index in [0.717, 1.165) is 23.4 Å². The number of carbonyl (C=O) groups excluding carboxylic acids is 1. The summed E-state index contributed by atoms with van der Waals surface area (Å²) < 4.78 is 0. The molecule has 0 unspecified atom stereocenters. The zero-order valence-corrected chi connectivity index (χ0v) is 13.7. The van der Waals surface area contributed by atoms with Crippen LogP contribution in [0.5, 0.6) is 0 Å². The normalized spacial score (nSPS) is 34.0. The first-order valence-electron chi connectivity index (χ1n) is 7.65. The van der Waals surface area contributed by atoms with Crippen LogP contribution in [-0.4, -0.2) is 12.0 Å². The van der Waals surface area contributed by atoms with Crippen LogP contribution >= 0.6 is 11.6 Å². The maximum absolute atomic E-state index is 12.7. The van der Waals surface area contributed by atoms with Gasteiger partial charge in [0.15, 0.2) is 0 Å². The summed E-state index contributed by atoms with van der Waals surface area (Å²) in [7, 11) is 0. The monoisotopic (exact) mass is 303 g/mol. The van der Waals surface area contributed by atoms with Gasteiger partial charge < -0.3 is 0 Å². The number of aliphatic imine (C=N–C) groups is 1. The molecule has 0 aliphatic heterocycles. The Morgan fingerprint density at radius 1 is 1.33 bits per heavy atom. The van der Waals surface area contributed by atoms with E-state index in [9.17, 15) is 4.79 Å². The number of hydrogen-bond acceptors (Lipinski definition) is 2. The standard InChI is InChI=1S/C18H22ClNO/c1-17(2)14-8-9-18(17,3)16(21)13(14)11-20-10-12-6-4-5-7-15(12)19/h4-7,11,13-14H,8-10H2,1-3H3/t13-,14+,18+/m1/s1. The molecule has 2 bridgehead atoms. The number of hydrogen-bond donors (Lipinski definition) is 0. The number of ketones is 1. The molecule has 1 aromatic carbocycles. The van der Waals surface area contributed by atoms with Gasteiger partial charge in [0, 0.05) is 16.7 Å². The molecular formula is C18H22ClNO. The molecule has 2 nitrogen and oxygen atoms in total. The maximum Gasteiger partial charge on any atom is 0.147 e. The Morgan fingerprint density at radius 3 is 2.67 bits per heavy atom. The lowest BCUT2D eigenvalue weighted by Crippen LogP contribution is -2.33. The summed E-state index contributed by atoms with van der Waals surface area (Å²) in [6.45, 7) is 7.17. The average Bonchev–Trinajstić information content (AvgIpc) is 2.75. The third-order valence-corrected chi connectivity index (χ3v) is 6.44. The van der Waals surface area contributed by atoms with Crippen molar-refractivity contribution in [2.45, 2.75) is 40.2 Å². The molecule has 0 N–H and O–H groups in total. The van der Waals surface area contributed by atoms with Crippen molar-refractivity contribution in [3.05, 3.63) is 34.9 Å². The molecule has 21 heavy (non-hydrogen) atoms. The number of halogens is 1. The molecule has 0 spiro atoms. The molecule has 3 rings (SSSR count). The highest BCUT2D eigenvalue weighted by Crippen LogP contribution is 2.65. The van der Waals surface area contributed by atoms with Crippen LogP contribution in [0.25, 0.3) is 0 Å². The highest BCUT2D eigenvalue weighted by molar-refractivity contribution is 6.31. The smallest absolute Gasteiger partial charge is 0.147 e. The Bertz CT molecular complexity index is 607. The summed E-state index contributed by atoms with van der Waals surface area (Å²) in [4.78, 5) is 17.2. The zero-order valence-electron chi connectivity index (χ0n) is 12.9. The predicted molar refractivity (Wildman–Crippen MR) is 86.8 cm³/mol. The van der Waals surface area contributed by atoms with Gasteiger partial charge in [0.2, 0.25) is 0 Å². The lowest BCUT2D eigenvalue weighted by Gasteiger charge is -2.32. The molecular weight excluding hydrogens is 282 g/mol. The van der Waals surface area contributed by atoms with Crippen LogP contribution < -0.4 is 0 Å². The maximum atomic E-state index is 12.7. The van der Waals surface area contributed by atoms with E-state index < -0.39 is 0 Å². The molecule has 0 radical (unpaired) electrons. The molecule has 2 aliphatic rings. The van der Waals surface area contributed by atoms with E-state index in [-0.39, 0.29) is 16.7 Å². The van der Waals surface area contributed by atoms with Crippen LogP contribution in [-0.2, 0) is 11.3 Å². The fourth-order valence-electron chi connectivity index (χ4n) is 4.22. The molecule has 3 atom stereocenters. The second-order valence-electron chi connectivity index (χ2n) is 7.17. The van der Waals surface area contributed by atoms with Gasteiger partial charge in [-0.3, -0.25) is 9.79 Å². The summed E-state index contributed by atoms with van der Waals surface area (Å²) >= 11 is 6.14. The Kier molecular flexibility index (Phi) is 3.48. The van der Waals surface area contributed by atoms with Crippen molar-refractivity contribution in [2.24, 2.45) is 27.7 Å². The van der Waals surface area contributed by atoms with Crippen LogP contribution in [0.1, 0.15) is 39.2 Å². The first kappa shape index (κ1) is 14.8. The molecule has 2 saturated carbocycles. The Morgan fingerprint density at radius 2 is 2.05 bits per heavy atom. The molecule has 1 aromatic rings. The third kappa shape index (κ3) is 2.07. The largest absolute Gasteiger partial charge is 0.298 e. The quantitative estimate of drug-likeness (QED) is 0.753. The highest BCUT2D eigenvalue weighted by Gasteiger charge is 2.65. The SMILES string of the molecule is CC1(C)[C@H]2CC[C@@]1(C)C(=O)[C@@H]2C=NCc1ccccc1Cl. The molecule has 0 heterocycles. The number of rotatable bonds is 3. The fourth-order valence-corrected chi connectivity index (χ4v) is 4.41. The summed E-state index contributed by atoms with van der Waals surface area (Å²) in [6, 6.07) is 7.73. The van der Waals surface area contributed by atoms with Gasteiger partial charge in [0.25, 0.3) is 0 Å². The second-order valence-corrected chi connectivity index (χ2v) is 7.58. The molecule has 0 amide bonds. The van der Waals surface area contributed by atoms with Crippen LogP contribution in [0.4, 0.5) is 0 Å². The minimum Gasteiger partial charge on any atom is -0.298 e. The van der Waals surface area contributed by atoms with Gasteiger partial charge in [-0.05, 0) is 35.8 Å². The Balaban J connectivity index is 1.76. The van der Waals surface area contributed by atoms with E-state index in [1.54, 1.807) is 0 Å². The minimum absolute atomic E-state index is 0.0127. The molecule has 3 heteroatoms. The van der Waals surface area contributed by atoms with E-state index in [1.165, 1.54) is 0 Å². The van der Waals surface area contributed by atoms with Crippen molar-refractivity contribution >= 4 is 23.6 Å². The summed E-state index contributed by atoms with van der Waals surface area (Å²) in [5.74, 6) is 0.804. The van der Waals surface area contributed by atoms with Crippen molar-refractivity contribution in [1.82, 2.24) is 0 Å². The first-order chi connectivity index (χ1) is 9.88. The van der Waals surface area contributed by atoms with E-state index in [0.29, 0.717) is 18.2 Å². The lowest BCUT2D eigenvalue weighted by molar-refractivity contribution is -0.129.